The number of Topliss-reactive ketones (excluding diaryl/α,β-unsaturated/α-hetero) is 1. The van der Waals surface area contributed by atoms with Gasteiger partial charge in [0.2, 0.25) is 0 Å². The van der Waals surface area contributed by atoms with Gasteiger partial charge in [0.1, 0.15) is 18.5 Å². The van der Waals surface area contributed by atoms with Gasteiger partial charge in [0.15, 0.2) is 5.78 Å². The number of phenols is 1. The highest BCUT2D eigenvalue weighted by atomic mass is 16.5. The Morgan fingerprint density at radius 1 is 1.36 bits per heavy atom. The predicted molar refractivity (Wildman–Crippen MR) is 91.0 cm³/mol. The second-order valence-electron chi connectivity index (χ2n) is 6.33. The molecule has 0 radical (unpaired) electrons. The maximum absolute atomic E-state index is 11.3. The molecule has 0 saturated carbocycles. The molecule has 1 aliphatic rings. The zero-order valence-electron chi connectivity index (χ0n) is 14.7. The molecule has 0 aromatic heterocycles. The second-order valence-corrected chi connectivity index (χ2v) is 6.33. The van der Waals surface area contributed by atoms with E-state index in [1.165, 1.54) is 13.8 Å². The summed E-state index contributed by atoms with van der Waals surface area (Å²) in [6.45, 7) is 5.06. The number of hydrogen-bond donors (Lipinski definition) is 2. The van der Waals surface area contributed by atoms with E-state index in [0.717, 1.165) is 16.7 Å². The number of esters is 1. The van der Waals surface area contributed by atoms with Gasteiger partial charge in [0, 0.05) is 18.9 Å². The Balaban J connectivity index is 2.20. The van der Waals surface area contributed by atoms with Crippen LogP contribution in [-0.4, -0.2) is 34.7 Å². The number of benzene rings is 1. The van der Waals surface area contributed by atoms with Gasteiger partial charge in [-0.15, -0.1) is 0 Å². The van der Waals surface area contributed by atoms with Crippen LogP contribution in [0.4, 0.5) is 0 Å². The largest absolute Gasteiger partial charge is 0.508 e. The summed E-state index contributed by atoms with van der Waals surface area (Å²) in [6, 6.07) is 3.43. The fourth-order valence-corrected chi connectivity index (χ4v) is 2.81. The van der Waals surface area contributed by atoms with Gasteiger partial charge in [-0.1, -0.05) is 12.1 Å². The number of carbonyl (C=O) groups is 2. The van der Waals surface area contributed by atoms with Gasteiger partial charge in [-0.25, -0.2) is 0 Å². The molecule has 2 atom stereocenters. The summed E-state index contributed by atoms with van der Waals surface area (Å²) < 4.78 is 10.7. The zero-order valence-corrected chi connectivity index (χ0v) is 14.7. The van der Waals surface area contributed by atoms with Crippen LogP contribution in [0.3, 0.4) is 0 Å². The van der Waals surface area contributed by atoms with Crippen LogP contribution in [0.2, 0.25) is 0 Å². The Labute approximate surface area is 147 Å². The number of fused-ring (bicyclic) bond motifs is 1. The van der Waals surface area contributed by atoms with E-state index in [1.807, 2.05) is 19.1 Å². The summed E-state index contributed by atoms with van der Waals surface area (Å²) in [6.07, 6.45) is 1.16. The number of allylic oxidation sites excluding steroid dienone is 1. The highest BCUT2D eigenvalue weighted by Crippen LogP contribution is 2.41. The molecule has 6 nitrogen and oxygen atoms in total. The molecule has 1 heterocycles. The molecule has 2 N–H and O–H groups in total. The summed E-state index contributed by atoms with van der Waals surface area (Å²) in [7, 11) is 0. The first kappa shape index (κ1) is 19.1. The van der Waals surface area contributed by atoms with Gasteiger partial charge in [-0.05, 0) is 43.0 Å². The molecular weight excluding hydrogens is 324 g/mol. The molecule has 2 rings (SSSR count). The Hall–Kier alpha value is -2.18. The fourth-order valence-electron chi connectivity index (χ4n) is 2.81. The van der Waals surface area contributed by atoms with Gasteiger partial charge in [0.05, 0.1) is 12.7 Å². The first-order chi connectivity index (χ1) is 11.8. The maximum atomic E-state index is 11.3. The number of rotatable bonds is 7. The molecule has 1 aromatic rings. The lowest BCUT2D eigenvalue weighted by Gasteiger charge is -2.17. The monoisotopic (exact) mass is 348 g/mol. The van der Waals surface area contributed by atoms with Gasteiger partial charge < -0.3 is 19.7 Å². The number of phenolic OH excluding ortho intramolecular Hbond substituents is 1. The summed E-state index contributed by atoms with van der Waals surface area (Å²) in [4.78, 5) is 22.2. The van der Waals surface area contributed by atoms with Crippen LogP contribution in [0.25, 0.3) is 0 Å². The third-order valence-corrected chi connectivity index (χ3v) is 4.25. The Morgan fingerprint density at radius 3 is 2.72 bits per heavy atom. The molecule has 0 spiro atoms. The first-order valence-electron chi connectivity index (χ1n) is 8.22. The average molecular weight is 348 g/mol. The minimum absolute atomic E-state index is 0.152. The highest BCUT2D eigenvalue weighted by molar-refractivity contribution is 5.80. The molecule has 0 unspecified atom stereocenters. The number of aliphatic hydroxyl groups is 1. The van der Waals surface area contributed by atoms with Crippen LogP contribution in [0.15, 0.2) is 23.8 Å². The average Bonchev–Trinajstić information content (AvgIpc) is 2.97. The summed E-state index contributed by atoms with van der Waals surface area (Å²) in [5.74, 6) is -0.486. The third kappa shape index (κ3) is 4.90. The van der Waals surface area contributed by atoms with Crippen molar-refractivity contribution in [2.75, 3.05) is 6.61 Å². The van der Waals surface area contributed by atoms with E-state index >= 15 is 0 Å². The van der Waals surface area contributed by atoms with E-state index in [-0.39, 0.29) is 37.1 Å². The molecule has 0 aliphatic carbocycles. The molecule has 0 amide bonds. The van der Waals surface area contributed by atoms with Crippen molar-refractivity contribution in [3.63, 3.8) is 0 Å². The Bertz CT molecular complexity index is 691. The standard InChI is InChI=1S/C19H24O6/c1-11(9-24-13(3)21)4-5-14-6-7-16(22)15-10-25-18(19(14)15)8-17(23)12(2)20/h4,6-7,17-18,22-23H,5,8-10H2,1-3H3/b11-4+/t17-,18-/m0/s1. The Kier molecular flexibility index (Phi) is 6.33. The smallest absolute Gasteiger partial charge is 0.302 e. The third-order valence-electron chi connectivity index (χ3n) is 4.25. The van der Waals surface area contributed by atoms with Crippen LogP contribution in [-0.2, 0) is 32.1 Å². The van der Waals surface area contributed by atoms with Crippen LogP contribution in [0.1, 0.15) is 50.0 Å². The lowest BCUT2D eigenvalue weighted by molar-refractivity contribution is -0.140. The zero-order chi connectivity index (χ0) is 18.6. The summed E-state index contributed by atoms with van der Waals surface area (Å²) in [5.41, 5.74) is 3.39. The molecule has 1 aromatic carbocycles. The number of carbonyl (C=O) groups excluding carboxylic acids is 2. The van der Waals surface area contributed by atoms with Crippen molar-refractivity contribution in [2.45, 2.75) is 52.4 Å². The van der Waals surface area contributed by atoms with E-state index in [0.29, 0.717) is 12.0 Å². The van der Waals surface area contributed by atoms with Crippen molar-refractivity contribution >= 4 is 11.8 Å². The molecule has 0 fully saturated rings. The van der Waals surface area contributed by atoms with Gasteiger partial charge in [0.25, 0.3) is 0 Å². The number of aromatic hydroxyl groups is 1. The van der Waals surface area contributed by atoms with Gasteiger partial charge in [-0.3, -0.25) is 9.59 Å². The van der Waals surface area contributed by atoms with E-state index in [2.05, 4.69) is 0 Å². The molecular formula is C19H24O6. The summed E-state index contributed by atoms with van der Waals surface area (Å²) >= 11 is 0. The van der Waals surface area contributed by atoms with E-state index in [1.54, 1.807) is 6.07 Å². The lowest BCUT2D eigenvalue weighted by Crippen LogP contribution is -2.20. The van der Waals surface area contributed by atoms with Crippen LogP contribution in [0.5, 0.6) is 5.75 Å². The molecule has 136 valence electrons. The first-order valence-corrected chi connectivity index (χ1v) is 8.22. The molecule has 0 bridgehead atoms. The van der Waals surface area contributed by atoms with Crippen molar-refractivity contribution in [1.29, 1.82) is 0 Å². The molecule has 25 heavy (non-hydrogen) atoms. The second kappa shape index (κ2) is 8.27. The number of ether oxygens (including phenoxy) is 2. The number of aliphatic hydroxyl groups excluding tert-OH is 1. The maximum Gasteiger partial charge on any atom is 0.302 e. The van der Waals surface area contributed by atoms with Crippen LogP contribution >= 0.6 is 0 Å². The molecule has 1 aliphatic heterocycles. The minimum atomic E-state index is -1.09. The normalized spacial score (nSPS) is 17.9. The van der Waals surface area contributed by atoms with Crippen molar-refractivity contribution in [1.82, 2.24) is 0 Å². The minimum Gasteiger partial charge on any atom is -0.508 e. The highest BCUT2D eigenvalue weighted by Gasteiger charge is 2.31. The molecule has 0 saturated heterocycles. The van der Waals surface area contributed by atoms with Crippen molar-refractivity contribution in [3.05, 3.63) is 40.5 Å². The molecule has 6 heteroatoms. The number of hydrogen-bond acceptors (Lipinski definition) is 6. The predicted octanol–water partition coefficient (Wildman–Crippen LogP) is 2.36. The SMILES string of the molecule is CC(=O)OC/C(C)=C/Cc1ccc(O)c2c1[C@H](C[C@H](O)C(C)=O)OC2. The van der Waals surface area contributed by atoms with Crippen molar-refractivity contribution in [3.8, 4) is 5.75 Å². The van der Waals surface area contributed by atoms with E-state index < -0.39 is 12.2 Å². The number of ketones is 1. The van der Waals surface area contributed by atoms with Crippen molar-refractivity contribution < 1.29 is 29.3 Å². The van der Waals surface area contributed by atoms with Gasteiger partial charge in [-0.2, -0.15) is 0 Å². The lowest BCUT2D eigenvalue weighted by atomic mass is 9.92. The van der Waals surface area contributed by atoms with E-state index in [4.69, 9.17) is 9.47 Å². The van der Waals surface area contributed by atoms with Crippen LogP contribution < -0.4 is 0 Å². The quantitative estimate of drug-likeness (QED) is 0.580. The summed E-state index contributed by atoms with van der Waals surface area (Å²) in [5, 5.41) is 19.9. The van der Waals surface area contributed by atoms with Gasteiger partial charge >= 0.3 is 5.97 Å². The topological polar surface area (TPSA) is 93.1 Å². The van der Waals surface area contributed by atoms with Crippen molar-refractivity contribution in [2.24, 2.45) is 0 Å². The fraction of sp³-hybridized carbons (Fsp3) is 0.474. The van der Waals surface area contributed by atoms with E-state index in [9.17, 15) is 19.8 Å². The Morgan fingerprint density at radius 2 is 2.08 bits per heavy atom. The van der Waals surface area contributed by atoms with Crippen LogP contribution in [0, 0.1) is 0 Å².